The number of nitrogens with zero attached hydrogens (tertiary/aromatic N) is 2. The van der Waals surface area contributed by atoms with E-state index in [0.29, 0.717) is 17.9 Å². The van der Waals surface area contributed by atoms with Gasteiger partial charge in [0.1, 0.15) is 12.4 Å². The minimum absolute atomic E-state index is 0.00600. The average molecular weight is 273 g/mol. The van der Waals surface area contributed by atoms with E-state index in [2.05, 4.69) is 4.98 Å². The zero-order valence-electron chi connectivity index (χ0n) is 11.1. The van der Waals surface area contributed by atoms with E-state index in [1.165, 1.54) is 12.1 Å². The van der Waals surface area contributed by atoms with Gasteiger partial charge in [-0.15, -0.1) is 0 Å². The van der Waals surface area contributed by atoms with Gasteiger partial charge in [0.05, 0.1) is 10.6 Å². The summed E-state index contributed by atoms with van der Waals surface area (Å²) in [6.45, 7) is 2.38. The second-order valence-corrected chi connectivity index (χ2v) is 4.31. The van der Waals surface area contributed by atoms with Crippen LogP contribution in [0.25, 0.3) is 0 Å². The summed E-state index contributed by atoms with van der Waals surface area (Å²) in [6, 6.07) is 10.1. The molecule has 1 aromatic carbocycles. The Morgan fingerprint density at radius 3 is 2.80 bits per heavy atom. The van der Waals surface area contributed by atoms with E-state index in [-0.39, 0.29) is 12.2 Å². The molecule has 1 heterocycles. The van der Waals surface area contributed by atoms with Gasteiger partial charge in [-0.2, -0.15) is 0 Å². The summed E-state index contributed by atoms with van der Waals surface area (Å²) in [4.78, 5) is 14.6. The third-order valence-corrected chi connectivity index (χ3v) is 2.80. The molecule has 0 radical (unpaired) electrons. The van der Waals surface area contributed by atoms with Crippen molar-refractivity contribution in [1.82, 2.24) is 4.98 Å². The van der Waals surface area contributed by atoms with Crippen molar-refractivity contribution < 1.29 is 9.66 Å². The first-order chi connectivity index (χ1) is 9.60. The van der Waals surface area contributed by atoms with Gasteiger partial charge < -0.3 is 10.5 Å². The third-order valence-electron chi connectivity index (χ3n) is 2.80. The highest BCUT2D eigenvalue weighted by atomic mass is 16.6. The number of hydrogen-bond donors (Lipinski definition) is 1. The van der Waals surface area contributed by atoms with Gasteiger partial charge >= 0.3 is 0 Å². The van der Waals surface area contributed by atoms with Crippen molar-refractivity contribution in [2.45, 2.75) is 20.1 Å². The molecule has 0 amide bonds. The van der Waals surface area contributed by atoms with Crippen LogP contribution in [0, 0.1) is 17.0 Å². The van der Waals surface area contributed by atoms with E-state index in [1.807, 2.05) is 25.1 Å². The van der Waals surface area contributed by atoms with Crippen molar-refractivity contribution in [3.63, 3.8) is 0 Å². The third kappa shape index (κ3) is 3.30. The van der Waals surface area contributed by atoms with Gasteiger partial charge in [-0.1, -0.05) is 6.07 Å². The van der Waals surface area contributed by atoms with Crippen LogP contribution in [0.2, 0.25) is 0 Å². The minimum atomic E-state index is -0.453. The summed E-state index contributed by atoms with van der Waals surface area (Å²) in [7, 11) is 0. The molecule has 0 aliphatic rings. The number of benzene rings is 1. The highest BCUT2D eigenvalue weighted by molar-refractivity contribution is 5.43. The molecular formula is C14H15N3O3. The monoisotopic (exact) mass is 273 g/mol. The Kier molecular flexibility index (Phi) is 4.27. The Labute approximate surface area is 116 Å². The number of aromatic nitrogens is 1. The number of aryl methyl sites for hydroxylation is 1. The Balaban J connectivity index is 2.15. The largest absolute Gasteiger partial charge is 0.487 e. The molecule has 0 fully saturated rings. The average Bonchev–Trinajstić information content (AvgIpc) is 2.45. The number of pyridine rings is 1. The van der Waals surface area contributed by atoms with Crippen molar-refractivity contribution in [3.8, 4) is 5.75 Å². The number of ether oxygens (including phenoxy) is 1. The number of non-ortho nitro benzene ring substituents is 1. The molecule has 6 nitrogen and oxygen atoms in total. The van der Waals surface area contributed by atoms with Crippen LogP contribution in [0.1, 0.15) is 17.0 Å². The van der Waals surface area contributed by atoms with E-state index in [1.54, 1.807) is 6.07 Å². The highest BCUT2D eigenvalue weighted by Crippen LogP contribution is 2.24. The number of nitro benzene ring substituents is 1. The second kappa shape index (κ2) is 6.12. The molecule has 6 heteroatoms. The quantitative estimate of drug-likeness (QED) is 0.666. The first-order valence-electron chi connectivity index (χ1n) is 6.13. The maximum absolute atomic E-state index is 10.7. The number of hydrogen-bond acceptors (Lipinski definition) is 5. The molecule has 2 rings (SSSR count). The molecule has 20 heavy (non-hydrogen) atoms. The molecule has 0 saturated heterocycles. The van der Waals surface area contributed by atoms with E-state index < -0.39 is 4.92 Å². The zero-order chi connectivity index (χ0) is 14.5. The van der Waals surface area contributed by atoms with Crippen LogP contribution in [-0.2, 0) is 13.2 Å². The molecule has 0 saturated carbocycles. The fraction of sp³-hybridized carbons (Fsp3) is 0.214. The van der Waals surface area contributed by atoms with Crippen LogP contribution < -0.4 is 10.5 Å². The normalized spacial score (nSPS) is 10.3. The first-order valence-corrected chi connectivity index (χ1v) is 6.13. The van der Waals surface area contributed by atoms with Gasteiger partial charge in [-0.25, -0.2) is 0 Å². The van der Waals surface area contributed by atoms with Crippen molar-refractivity contribution in [3.05, 3.63) is 63.5 Å². The molecule has 104 valence electrons. The fourth-order valence-corrected chi connectivity index (χ4v) is 1.81. The summed E-state index contributed by atoms with van der Waals surface area (Å²) >= 11 is 0. The lowest BCUT2D eigenvalue weighted by molar-refractivity contribution is -0.384. The fourth-order valence-electron chi connectivity index (χ4n) is 1.81. The van der Waals surface area contributed by atoms with E-state index in [9.17, 15) is 10.1 Å². The second-order valence-electron chi connectivity index (χ2n) is 4.31. The van der Waals surface area contributed by atoms with Crippen molar-refractivity contribution in [2.75, 3.05) is 0 Å². The van der Waals surface area contributed by atoms with Gasteiger partial charge in [0.2, 0.25) is 0 Å². The zero-order valence-corrected chi connectivity index (χ0v) is 11.1. The molecule has 0 aliphatic carbocycles. The standard InChI is InChI=1S/C14H15N3O3/c1-10-3-2-4-12(16-10)9-20-14-6-5-13(17(18)19)7-11(14)8-15/h2-7H,8-9,15H2,1H3. The van der Waals surface area contributed by atoms with Crippen LogP contribution in [0.5, 0.6) is 5.75 Å². The number of nitrogens with two attached hydrogens (primary N) is 1. The number of rotatable bonds is 5. The van der Waals surface area contributed by atoms with Crippen LogP contribution in [0.4, 0.5) is 5.69 Å². The Morgan fingerprint density at radius 2 is 2.15 bits per heavy atom. The summed E-state index contributed by atoms with van der Waals surface area (Å²) in [5.74, 6) is 0.543. The molecule has 2 aromatic rings. The maximum Gasteiger partial charge on any atom is 0.270 e. The molecule has 2 N–H and O–H groups in total. The lowest BCUT2D eigenvalue weighted by atomic mass is 10.2. The Morgan fingerprint density at radius 1 is 1.35 bits per heavy atom. The smallest absolute Gasteiger partial charge is 0.270 e. The first kappa shape index (κ1) is 14.0. The van der Waals surface area contributed by atoms with Gasteiger partial charge in [0, 0.05) is 29.9 Å². The molecule has 0 aliphatic heterocycles. The molecule has 0 bridgehead atoms. The summed E-state index contributed by atoms with van der Waals surface area (Å²) in [5.41, 5.74) is 7.91. The molecule has 1 aromatic heterocycles. The Hall–Kier alpha value is -2.47. The van der Waals surface area contributed by atoms with Crippen molar-refractivity contribution in [1.29, 1.82) is 0 Å². The van der Waals surface area contributed by atoms with Crippen molar-refractivity contribution in [2.24, 2.45) is 5.73 Å². The van der Waals surface area contributed by atoms with Gasteiger partial charge in [-0.3, -0.25) is 15.1 Å². The SMILES string of the molecule is Cc1cccc(COc2ccc([N+](=O)[O-])cc2CN)n1. The van der Waals surface area contributed by atoms with E-state index in [0.717, 1.165) is 11.4 Å². The topological polar surface area (TPSA) is 91.3 Å². The molecule has 0 unspecified atom stereocenters. The summed E-state index contributed by atoms with van der Waals surface area (Å²) in [5, 5.41) is 10.7. The lowest BCUT2D eigenvalue weighted by Crippen LogP contribution is -2.05. The van der Waals surface area contributed by atoms with Crippen molar-refractivity contribution >= 4 is 5.69 Å². The number of nitro groups is 1. The lowest BCUT2D eigenvalue weighted by Gasteiger charge is -2.10. The van der Waals surface area contributed by atoms with Gasteiger partial charge in [0.15, 0.2) is 0 Å². The van der Waals surface area contributed by atoms with E-state index >= 15 is 0 Å². The summed E-state index contributed by atoms with van der Waals surface area (Å²) < 4.78 is 5.64. The molecule has 0 atom stereocenters. The summed E-state index contributed by atoms with van der Waals surface area (Å²) in [6.07, 6.45) is 0. The predicted molar refractivity (Wildman–Crippen MR) is 74.3 cm³/mol. The highest BCUT2D eigenvalue weighted by Gasteiger charge is 2.11. The molecule has 0 spiro atoms. The minimum Gasteiger partial charge on any atom is -0.487 e. The molecular weight excluding hydrogens is 258 g/mol. The van der Waals surface area contributed by atoms with Crippen LogP contribution in [0.3, 0.4) is 0 Å². The van der Waals surface area contributed by atoms with Gasteiger partial charge in [-0.05, 0) is 25.1 Å². The van der Waals surface area contributed by atoms with Crippen LogP contribution in [0.15, 0.2) is 36.4 Å². The van der Waals surface area contributed by atoms with Gasteiger partial charge in [0.25, 0.3) is 5.69 Å². The van der Waals surface area contributed by atoms with Crippen LogP contribution in [-0.4, -0.2) is 9.91 Å². The van der Waals surface area contributed by atoms with Crippen LogP contribution >= 0.6 is 0 Å². The maximum atomic E-state index is 10.7. The van der Waals surface area contributed by atoms with E-state index in [4.69, 9.17) is 10.5 Å². The Bertz CT molecular complexity index is 629. The predicted octanol–water partition coefficient (Wildman–Crippen LogP) is 2.34.